The molecule has 1 aliphatic heterocycles. The van der Waals surface area contributed by atoms with Crippen LogP contribution in [0.25, 0.3) is 0 Å². The summed E-state index contributed by atoms with van der Waals surface area (Å²) in [4.78, 5) is 51.7. The van der Waals surface area contributed by atoms with Gasteiger partial charge in [0.1, 0.15) is 11.9 Å². The van der Waals surface area contributed by atoms with Crippen LogP contribution in [0.2, 0.25) is 0 Å². The molecule has 8 heteroatoms. The van der Waals surface area contributed by atoms with Gasteiger partial charge in [-0.1, -0.05) is 42.0 Å². The molecule has 2 atom stereocenters. The molecule has 170 valence electrons. The van der Waals surface area contributed by atoms with E-state index in [1.807, 2.05) is 0 Å². The third-order valence-corrected chi connectivity index (χ3v) is 6.20. The van der Waals surface area contributed by atoms with E-state index in [-0.39, 0.29) is 17.7 Å². The number of para-hydroxylation sites is 2. The van der Waals surface area contributed by atoms with Gasteiger partial charge in [-0.15, -0.1) is 0 Å². The van der Waals surface area contributed by atoms with E-state index in [1.54, 1.807) is 64.1 Å². The van der Waals surface area contributed by atoms with Crippen molar-refractivity contribution in [3.63, 3.8) is 0 Å². The number of anilines is 1. The summed E-state index contributed by atoms with van der Waals surface area (Å²) in [7, 11) is 0. The average molecular weight is 448 g/mol. The van der Waals surface area contributed by atoms with Crippen molar-refractivity contribution in [2.75, 3.05) is 4.90 Å². The van der Waals surface area contributed by atoms with Gasteiger partial charge >= 0.3 is 6.09 Å². The molecule has 2 amide bonds. The summed E-state index contributed by atoms with van der Waals surface area (Å²) in [6, 6.07) is 12.9. The minimum absolute atomic E-state index is 0.160. The SMILES string of the molecule is CC1=C(C=O)[C@@H](c2ccccc2[N+](=O)[O-])[C@@]2(C1)C(=O)N(C(=O)OC(C)(C)C)c1ccccc12. The maximum Gasteiger partial charge on any atom is 0.421 e. The fraction of sp³-hybridized carbons (Fsp3) is 0.320. The second kappa shape index (κ2) is 7.65. The van der Waals surface area contributed by atoms with Crippen molar-refractivity contribution < 1.29 is 24.0 Å². The Morgan fingerprint density at radius 2 is 1.82 bits per heavy atom. The van der Waals surface area contributed by atoms with Crippen LogP contribution in [0.3, 0.4) is 0 Å². The van der Waals surface area contributed by atoms with Crippen molar-refractivity contribution in [3.05, 3.63) is 80.9 Å². The first-order valence-corrected chi connectivity index (χ1v) is 10.6. The molecule has 0 N–H and O–H groups in total. The van der Waals surface area contributed by atoms with Crippen LogP contribution in [0.5, 0.6) is 0 Å². The molecule has 0 fully saturated rings. The Hall–Kier alpha value is -3.81. The minimum Gasteiger partial charge on any atom is -0.443 e. The van der Waals surface area contributed by atoms with Crippen molar-refractivity contribution in [2.45, 2.75) is 51.0 Å². The van der Waals surface area contributed by atoms with Crippen molar-refractivity contribution in [3.8, 4) is 0 Å². The summed E-state index contributed by atoms with van der Waals surface area (Å²) in [6.07, 6.45) is 0.0000899. The highest BCUT2D eigenvalue weighted by Crippen LogP contribution is 2.60. The Kier molecular flexibility index (Phi) is 5.19. The van der Waals surface area contributed by atoms with Gasteiger partial charge in [0.25, 0.3) is 5.69 Å². The van der Waals surface area contributed by atoms with Crippen LogP contribution in [0.4, 0.5) is 16.2 Å². The Morgan fingerprint density at radius 1 is 1.18 bits per heavy atom. The number of nitro groups is 1. The lowest BCUT2D eigenvalue weighted by atomic mass is 9.67. The highest BCUT2D eigenvalue weighted by molar-refractivity contribution is 6.22. The summed E-state index contributed by atoms with van der Waals surface area (Å²) >= 11 is 0. The number of fused-ring (bicyclic) bond motifs is 2. The Bertz CT molecular complexity index is 1230. The first kappa shape index (κ1) is 22.4. The number of benzene rings is 2. The average Bonchev–Trinajstić information content (AvgIpc) is 3.18. The summed E-state index contributed by atoms with van der Waals surface area (Å²) in [6.45, 7) is 6.85. The monoisotopic (exact) mass is 448 g/mol. The molecular formula is C25H24N2O6. The standard InChI is InChI=1S/C25H24N2O6/c1-15-13-25(21(17(15)14-28)16-9-5-7-11-19(16)27(31)32)18-10-6-8-12-20(18)26(22(25)29)23(30)33-24(2,3)4/h5-12,14,21H,13H2,1-4H3/t21-,25+/m1/s1. The number of imide groups is 1. The van der Waals surface area contributed by atoms with Crippen LogP contribution in [0.1, 0.15) is 51.2 Å². The molecule has 0 saturated heterocycles. The molecule has 8 nitrogen and oxygen atoms in total. The molecule has 33 heavy (non-hydrogen) atoms. The van der Waals surface area contributed by atoms with Gasteiger partial charge in [0.15, 0.2) is 0 Å². The van der Waals surface area contributed by atoms with Crippen LogP contribution in [-0.2, 0) is 19.7 Å². The first-order chi connectivity index (χ1) is 15.5. The van der Waals surface area contributed by atoms with E-state index in [2.05, 4.69) is 0 Å². The summed E-state index contributed by atoms with van der Waals surface area (Å²) in [5.74, 6) is -1.48. The van der Waals surface area contributed by atoms with E-state index in [0.717, 1.165) is 4.90 Å². The second-order valence-electron chi connectivity index (χ2n) is 9.39. The molecule has 2 aromatic carbocycles. The summed E-state index contributed by atoms with van der Waals surface area (Å²) in [5.41, 5.74) is -0.258. The molecule has 0 bridgehead atoms. The van der Waals surface area contributed by atoms with E-state index in [1.165, 1.54) is 12.1 Å². The normalized spacial score (nSPS) is 22.0. The third kappa shape index (κ3) is 3.33. The third-order valence-electron chi connectivity index (χ3n) is 6.20. The number of amides is 2. The van der Waals surface area contributed by atoms with Gasteiger partial charge in [-0.3, -0.25) is 19.7 Å². The van der Waals surface area contributed by atoms with Crippen LogP contribution < -0.4 is 4.90 Å². The minimum atomic E-state index is -1.38. The molecule has 0 aromatic heterocycles. The van der Waals surface area contributed by atoms with Gasteiger partial charge in [-0.25, -0.2) is 9.69 Å². The molecular weight excluding hydrogens is 424 g/mol. The van der Waals surface area contributed by atoms with Gasteiger partial charge in [-0.2, -0.15) is 0 Å². The van der Waals surface area contributed by atoms with Crippen LogP contribution in [0.15, 0.2) is 59.7 Å². The van der Waals surface area contributed by atoms with Gasteiger partial charge in [0.2, 0.25) is 5.91 Å². The molecule has 1 spiro atoms. The van der Waals surface area contributed by atoms with Crippen molar-refractivity contribution in [2.24, 2.45) is 0 Å². The number of hydrogen-bond acceptors (Lipinski definition) is 6. The van der Waals surface area contributed by atoms with Gasteiger partial charge < -0.3 is 4.74 Å². The number of nitro benzene ring substituents is 1. The molecule has 0 radical (unpaired) electrons. The highest BCUT2D eigenvalue weighted by Gasteiger charge is 2.62. The largest absolute Gasteiger partial charge is 0.443 e. The number of ether oxygens (including phenoxy) is 1. The number of hydrogen-bond donors (Lipinski definition) is 0. The lowest BCUT2D eigenvalue weighted by molar-refractivity contribution is -0.385. The molecule has 0 saturated carbocycles. The predicted octanol–water partition coefficient (Wildman–Crippen LogP) is 4.82. The number of carbonyl (C=O) groups excluding carboxylic acids is 3. The molecule has 1 aliphatic carbocycles. The van der Waals surface area contributed by atoms with Gasteiger partial charge in [0, 0.05) is 23.1 Å². The Morgan fingerprint density at radius 3 is 2.45 bits per heavy atom. The smallest absolute Gasteiger partial charge is 0.421 e. The van der Waals surface area contributed by atoms with E-state index < -0.39 is 33.9 Å². The molecule has 2 aliphatic rings. The summed E-state index contributed by atoms with van der Waals surface area (Å²) in [5, 5.41) is 11.8. The van der Waals surface area contributed by atoms with Crippen LogP contribution in [0, 0.1) is 10.1 Å². The van der Waals surface area contributed by atoms with Crippen molar-refractivity contribution >= 4 is 29.7 Å². The van der Waals surface area contributed by atoms with E-state index in [4.69, 9.17) is 4.74 Å². The fourth-order valence-electron chi connectivity index (χ4n) is 5.04. The Labute approximate surface area is 191 Å². The quantitative estimate of drug-likeness (QED) is 0.379. The van der Waals surface area contributed by atoms with Crippen LogP contribution in [-0.4, -0.2) is 28.8 Å². The van der Waals surface area contributed by atoms with E-state index >= 15 is 0 Å². The molecule has 0 unspecified atom stereocenters. The Balaban J connectivity index is 1.98. The maximum absolute atomic E-state index is 14.1. The fourth-order valence-corrected chi connectivity index (χ4v) is 5.04. The number of rotatable bonds is 3. The zero-order chi connectivity index (χ0) is 24.1. The maximum atomic E-state index is 14.1. The van der Waals surface area contributed by atoms with Gasteiger partial charge in [0.05, 0.1) is 16.0 Å². The number of allylic oxidation sites excluding steroid dienone is 2. The van der Waals surface area contributed by atoms with Crippen LogP contribution >= 0.6 is 0 Å². The predicted molar refractivity (Wildman–Crippen MR) is 121 cm³/mol. The van der Waals surface area contributed by atoms with Crippen molar-refractivity contribution in [1.29, 1.82) is 0 Å². The molecule has 1 heterocycles. The zero-order valence-electron chi connectivity index (χ0n) is 18.8. The molecule has 2 aromatic rings. The topological polar surface area (TPSA) is 107 Å². The highest BCUT2D eigenvalue weighted by atomic mass is 16.6. The second-order valence-corrected chi connectivity index (χ2v) is 9.39. The summed E-state index contributed by atoms with van der Waals surface area (Å²) < 4.78 is 5.51. The number of nitrogens with zero attached hydrogens (tertiary/aromatic N) is 2. The van der Waals surface area contributed by atoms with E-state index in [9.17, 15) is 24.5 Å². The van der Waals surface area contributed by atoms with Gasteiger partial charge in [-0.05, 0) is 45.7 Å². The number of aldehydes is 1. The lowest BCUT2D eigenvalue weighted by Gasteiger charge is -2.32. The first-order valence-electron chi connectivity index (χ1n) is 10.6. The van der Waals surface area contributed by atoms with E-state index in [0.29, 0.717) is 28.7 Å². The lowest BCUT2D eigenvalue weighted by Crippen LogP contribution is -2.47. The van der Waals surface area contributed by atoms with Crippen molar-refractivity contribution in [1.82, 2.24) is 0 Å². The molecule has 4 rings (SSSR count). The zero-order valence-corrected chi connectivity index (χ0v) is 18.8. The number of carbonyl (C=O) groups is 3.